The van der Waals surface area contributed by atoms with Crippen LogP contribution in [0.25, 0.3) is 16.9 Å². The Bertz CT molecular complexity index is 1510. The molecule has 0 aliphatic heterocycles. The smallest absolute Gasteiger partial charge is 0.421 e. The summed E-state index contributed by atoms with van der Waals surface area (Å²) < 4.78 is 165. The van der Waals surface area contributed by atoms with E-state index in [1.165, 1.54) is 18.2 Å². The molecule has 0 atom stereocenters. The monoisotopic (exact) mass is 643 g/mol. The lowest BCUT2D eigenvalue weighted by atomic mass is 10.1. The molecule has 7 nitrogen and oxygen atoms in total. The van der Waals surface area contributed by atoms with E-state index < -0.39 is 53.5 Å². The maximum absolute atomic E-state index is 14.2. The summed E-state index contributed by atoms with van der Waals surface area (Å²) in [5.74, 6) is -17.7. The molecule has 1 aliphatic carbocycles. The Morgan fingerprint density at radius 3 is 2.14 bits per heavy atom. The van der Waals surface area contributed by atoms with Gasteiger partial charge in [0.05, 0.1) is 16.8 Å². The number of hydrogen-bond donors (Lipinski definition) is 1. The third kappa shape index (κ3) is 5.45. The van der Waals surface area contributed by atoms with Crippen LogP contribution in [0.2, 0.25) is 5.02 Å². The molecule has 2 heterocycles. The lowest BCUT2D eigenvalue weighted by Gasteiger charge is -2.28. The fourth-order valence-electron chi connectivity index (χ4n) is 3.50. The summed E-state index contributed by atoms with van der Waals surface area (Å²) in [7, 11) is 0.585. The molecule has 0 unspecified atom stereocenters. The first-order valence-corrected chi connectivity index (χ1v) is 11.7. The zero-order valence-corrected chi connectivity index (χ0v) is 21.2. The summed E-state index contributed by atoms with van der Waals surface area (Å²) in [5.41, 5.74) is -2.73. The summed E-state index contributed by atoms with van der Waals surface area (Å²) in [6.07, 6.45) is -17.2. The number of aryl methyl sites for hydroxylation is 1. The second kappa shape index (κ2) is 9.98. The van der Waals surface area contributed by atoms with Crippen LogP contribution in [0.4, 0.5) is 52.7 Å². The second-order valence-electron chi connectivity index (χ2n) is 9.00. The van der Waals surface area contributed by atoms with Gasteiger partial charge < -0.3 is 10.1 Å². The van der Waals surface area contributed by atoms with Crippen LogP contribution in [0.3, 0.4) is 0 Å². The first kappa shape index (κ1) is 31.3. The number of carbonyl (C=O) groups is 1. The van der Waals surface area contributed by atoms with Gasteiger partial charge in [0.25, 0.3) is 5.91 Å². The fourth-order valence-corrected chi connectivity index (χ4v) is 3.70. The molecule has 1 N–H and O–H groups in total. The number of rotatable bonds is 8. The van der Waals surface area contributed by atoms with Gasteiger partial charge in [-0.15, -0.1) is 0 Å². The Labute approximate surface area is 231 Å². The molecule has 4 rings (SSSR count). The van der Waals surface area contributed by atoms with Gasteiger partial charge in [0.1, 0.15) is 0 Å². The fraction of sp³-hybridized carbons (Fsp3) is 0.409. The minimum atomic E-state index is -7.05. The van der Waals surface area contributed by atoms with Crippen molar-refractivity contribution in [1.82, 2.24) is 24.9 Å². The number of nitrogens with zero attached hydrogens (tertiary/aromatic N) is 4. The highest BCUT2D eigenvalue weighted by Crippen LogP contribution is 2.52. The van der Waals surface area contributed by atoms with Gasteiger partial charge in [0.2, 0.25) is 5.75 Å². The Morgan fingerprint density at radius 1 is 0.976 bits per heavy atom. The van der Waals surface area contributed by atoms with Gasteiger partial charge in [-0.25, -0.2) is 9.36 Å². The van der Waals surface area contributed by atoms with Crippen molar-refractivity contribution in [2.45, 2.75) is 49.2 Å². The van der Waals surface area contributed by atoms with E-state index in [0.29, 0.717) is 7.05 Å². The first-order chi connectivity index (χ1) is 19.1. The molecule has 2 aromatic heterocycles. The van der Waals surface area contributed by atoms with Crippen LogP contribution in [0.15, 0.2) is 30.6 Å². The van der Waals surface area contributed by atoms with Gasteiger partial charge in [-0.1, -0.05) is 17.7 Å². The molecule has 1 fully saturated rings. The van der Waals surface area contributed by atoms with Gasteiger partial charge in [-0.2, -0.15) is 62.9 Å². The number of nitrogens with one attached hydrogen (secondary N) is 1. The number of halogens is 13. The molecule has 230 valence electrons. The predicted octanol–water partition coefficient (Wildman–Crippen LogP) is 6.64. The molecule has 1 aliphatic rings. The van der Waals surface area contributed by atoms with Crippen molar-refractivity contribution < 1.29 is 62.2 Å². The predicted molar refractivity (Wildman–Crippen MR) is 118 cm³/mol. The van der Waals surface area contributed by atoms with E-state index in [2.05, 4.69) is 20.3 Å². The normalized spacial score (nSPS) is 15.2. The maximum Gasteiger partial charge on any atom is 0.474 e. The van der Waals surface area contributed by atoms with Crippen molar-refractivity contribution in [1.29, 1.82) is 0 Å². The zero-order chi connectivity index (χ0) is 31.6. The highest BCUT2D eigenvalue weighted by atomic mass is 35.5. The average molecular weight is 644 g/mol. The van der Waals surface area contributed by atoms with Crippen LogP contribution in [-0.2, 0) is 13.0 Å². The van der Waals surface area contributed by atoms with E-state index in [-0.39, 0.29) is 37.1 Å². The van der Waals surface area contributed by atoms with E-state index >= 15 is 0 Å². The van der Waals surface area contributed by atoms with Gasteiger partial charge in [-0.05, 0) is 30.5 Å². The van der Waals surface area contributed by atoms with Crippen molar-refractivity contribution in [2.24, 2.45) is 7.05 Å². The van der Waals surface area contributed by atoms with Gasteiger partial charge in [0.15, 0.2) is 11.5 Å². The van der Waals surface area contributed by atoms with Crippen LogP contribution >= 0.6 is 11.6 Å². The number of carbonyl (C=O) groups excluding carboxylic acids is 1. The van der Waals surface area contributed by atoms with Crippen molar-refractivity contribution >= 4 is 17.5 Å². The summed E-state index contributed by atoms with van der Waals surface area (Å²) >= 11 is 6.05. The van der Waals surface area contributed by atoms with Crippen LogP contribution < -0.4 is 10.1 Å². The Kier molecular flexibility index (Phi) is 7.44. The molecule has 20 heteroatoms. The van der Waals surface area contributed by atoms with Crippen molar-refractivity contribution in [2.75, 3.05) is 0 Å². The molecular formula is C22H14ClF12N5O2. The zero-order valence-electron chi connectivity index (χ0n) is 20.4. The molecule has 0 spiro atoms. The van der Waals surface area contributed by atoms with E-state index in [1.54, 1.807) is 0 Å². The van der Waals surface area contributed by atoms with E-state index in [0.717, 1.165) is 25.2 Å². The van der Waals surface area contributed by atoms with Crippen LogP contribution in [0.1, 0.15) is 28.9 Å². The Balaban J connectivity index is 1.83. The number of alkyl halides is 12. The Morgan fingerprint density at radius 2 is 1.60 bits per heavy atom. The number of benzene rings is 1. The molecule has 3 aromatic rings. The summed E-state index contributed by atoms with van der Waals surface area (Å²) in [6.45, 7) is 0. The summed E-state index contributed by atoms with van der Waals surface area (Å²) in [4.78, 5) is 12.5. The highest BCUT2D eigenvalue weighted by molar-refractivity contribution is 6.34. The van der Waals surface area contributed by atoms with E-state index in [9.17, 15) is 57.5 Å². The first-order valence-electron chi connectivity index (χ1n) is 11.3. The number of amides is 1. The van der Waals surface area contributed by atoms with Crippen molar-refractivity contribution in [3.05, 3.63) is 46.9 Å². The third-order valence-electron chi connectivity index (χ3n) is 5.84. The molecule has 42 heavy (non-hydrogen) atoms. The van der Waals surface area contributed by atoms with Gasteiger partial charge in [0, 0.05) is 24.8 Å². The standard InChI is InChI=1S/C22H14ClF12N5O2/c1-39-17(40-8-10(7-36-40)9-2-5-13(23)12(6-9)16(41)37-11-3-4-11)14(15(38-39)18(24,25)20(28,29)30)42-22(34,35)19(26,27)21(31,32)33/h2,5-8,11H,3-4H2,1H3,(H,37,41). The maximum atomic E-state index is 14.2. The largest absolute Gasteiger partial charge is 0.474 e. The Hall–Kier alpha value is -3.64. The van der Waals surface area contributed by atoms with Crippen LogP contribution in [0.5, 0.6) is 5.75 Å². The lowest BCUT2D eigenvalue weighted by molar-refractivity contribution is -0.403. The minimum Gasteiger partial charge on any atom is -0.421 e. The SMILES string of the molecule is Cn1nc(C(F)(F)C(F)(F)F)c(OC(F)(F)C(F)(F)C(F)(F)F)c1-n1cc(-c2ccc(Cl)c(C(=O)NC3CC3)c2)cn1. The van der Waals surface area contributed by atoms with E-state index in [4.69, 9.17) is 11.6 Å². The second-order valence-corrected chi connectivity index (χ2v) is 9.41. The average Bonchev–Trinajstić information content (AvgIpc) is 3.42. The molecule has 1 saturated carbocycles. The number of hydrogen-bond acceptors (Lipinski definition) is 4. The minimum absolute atomic E-state index is 0.00143. The van der Waals surface area contributed by atoms with Crippen LogP contribution in [0, 0.1) is 0 Å². The molecule has 0 bridgehead atoms. The van der Waals surface area contributed by atoms with Crippen molar-refractivity contribution in [3.8, 4) is 22.7 Å². The van der Waals surface area contributed by atoms with Crippen LogP contribution in [-0.4, -0.2) is 55.9 Å². The quantitative estimate of drug-likeness (QED) is 0.280. The molecule has 0 radical (unpaired) electrons. The van der Waals surface area contributed by atoms with Gasteiger partial charge >= 0.3 is 30.3 Å². The third-order valence-corrected chi connectivity index (χ3v) is 6.17. The van der Waals surface area contributed by atoms with Crippen molar-refractivity contribution in [3.63, 3.8) is 0 Å². The molecule has 1 amide bonds. The van der Waals surface area contributed by atoms with E-state index in [1.807, 2.05) is 0 Å². The topological polar surface area (TPSA) is 74.0 Å². The van der Waals surface area contributed by atoms with Gasteiger partial charge in [-0.3, -0.25) is 4.79 Å². The summed E-state index contributed by atoms with van der Waals surface area (Å²) in [5, 5.41) is 9.01. The molecular weight excluding hydrogens is 630 g/mol. The molecule has 0 saturated heterocycles. The summed E-state index contributed by atoms with van der Waals surface area (Å²) in [6, 6.07) is 3.72. The highest BCUT2D eigenvalue weighted by Gasteiger charge is 2.76. The molecule has 1 aromatic carbocycles. The number of aromatic nitrogens is 4. The lowest BCUT2D eigenvalue weighted by Crippen LogP contribution is -2.55. The number of ether oxygens (including phenoxy) is 1.